The molecule has 0 amide bonds. The van der Waals surface area contributed by atoms with E-state index >= 15 is 0 Å². The summed E-state index contributed by atoms with van der Waals surface area (Å²) >= 11 is 0. The summed E-state index contributed by atoms with van der Waals surface area (Å²) in [5, 5.41) is 11.1. The van der Waals surface area contributed by atoms with Gasteiger partial charge in [0.05, 0.1) is 4.92 Å². The van der Waals surface area contributed by atoms with Crippen molar-refractivity contribution >= 4 is 15.7 Å². The molecule has 1 heterocycles. The number of H-pyrrole nitrogens is 1. The highest BCUT2D eigenvalue weighted by molar-refractivity contribution is 7.89. The van der Waals surface area contributed by atoms with E-state index in [2.05, 4.69) is 9.71 Å². The lowest BCUT2D eigenvalue weighted by molar-refractivity contribution is -0.387. The lowest BCUT2D eigenvalue weighted by Gasteiger charge is -2.26. The van der Waals surface area contributed by atoms with E-state index in [9.17, 15) is 28.1 Å². The molecule has 0 atom stereocenters. The Hall–Kier alpha value is -2.79. The third-order valence-electron chi connectivity index (χ3n) is 3.86. The van der Waals surface area contributed by atoms with Gasteiger partial charge in [0, 0.05) is 30.4 Å². The maximum Gasteiger partial charge on any atom is 0.328 e. The molecule has 2 rings (SSSR count). The van der Waals surface area contributed by atoms with Crippen molar-refractivity contribution in [3.8, 4) is 0 Å². The van der Waals surface area contributed by atoms with Crippen molar-refractivity contribution in [3.05, 3.63) is 67.5 Å². The minimum Gasteiger partial charge on any atom is -0.301 e. The maximum atomic E-state index is 12.6. The maximum absolute atomic E-state index is 12.6. The first kappa shape index (κ1) is 20.5. The van der Waals surface area contributed by atoms with Crippen molar-refractivity contribution in [1.82, 2.24) is 14.3 Å². The lowest BCUT2D eigenvalue weighted by atomic mass is 10.0. The molecule has 0 spiro atoms. The van der Waals surface area contributed by atoms with E-state index in [0.29, 0.717) is 12.8 Å². The SMILES string of the molecule is CC(C)(CCCn1ccc(=O)[nH]c1=O)NS(=O)(=O)c1ccccc1[N+](=O)[O-]. The van der Waals surface area contributed by atoms with Crippen LogP contribution < -0.4 is 16.0 Å². The van der Waals surface area contributed by atoms with Crippen molar-refractivity contribution in [2.75, 3.05) is 0 Å². The smallest absolute Gasteiger partial charge is 0.301 e. The molecular weight excluding hydrogens is 376 g/mol. The number of aryl methyl sites for hydroxylation is 1. The Balaban J connectivity index is 2.10. The first-order valence-corrected chi connectivity index (χ1v) is 9.57. The minimum atomic E-state index is -4.11. The van der Waals surface area contributed by atoms with Crippen LogP contribution in [0.5, 0.6) is 0 Å². The Labute approximate surface area is 155 Å². The van der Waals surface area contributed by atoms with Crippen LogP contribution in [-0.2, 0) is 16.6 Å². The van der Waals surface area contributed by atoms with Crippen LogP contribution in [0.2, 0.25) is 0 Å². The average Bonchev–Trinajstić information content (AvgIpc) is 2.56. The number of para-hydroxylation sites is 1. The predicted octanol–water partition coefficient (Wildman–Crippen LogP) is 0.982. The Morgan fingerprint density at radius 2 is 1.89 bits per heavy atom. The van der Waals surface area contributed by atoms with Crippen molar-refractivity contribution in [2.24, 2.45) is 0 Å². The number of nitro benzene ring substituents is 1. The molecule has 2 aromatic rings. The molecule has 0 saturated heterocycles. The van der Waals surface area contributed by atoms with Gasteiger partial charge >= 0.3 is 5.69 Å². The van der Waals surface area contributed by atoms with Gasteiger partial charge in [-0.15, -0.1) is 0 Å². The van der Waals surface area contributed by atoms with Gasteiger partial charge in [-0.1, -0.05) is 12.1 Å². The van der Waals surface area contributed by atoms with E-state index in [-0.39, 0.29) is 6.54 Å². The summed E-state index contributed by atoms with van der Waals surface area (Å²) in [4.78, 5) is 34.8. The Morgan fingerprint density at radius 3 is 2.52 bits per heavy atom. The van der Waals surface area contributed by atoms with E-state index in [4.69, 9.17) is 0 Å². The number of aromatic nitrogens is 2. The molecule has 0 aliphatic heterocycles. The molecule has 0 radical (unpaired) electrons. The summed E-state index contributed by atoms with van der Waals surface area (Å²) in [5.74, 6) is 0. The zero-order valence-electron chi connectivity index (χ0n) is 14.8. The summed E-state index contributed by atoms with van der Waals surface area (Å²) in [6.07, 6.45) is 2.17. The van der Waals surface area contributed by atoms with Crippen molar-refractivity contribution < 1.29 is 13.3 Å². The molecule has 1 aromatic heterocycles. The van der Waals surface area contributed by atoms with E-state index in [1.165, 1.54) is 35.0 Å². The van der Waals surface area contributed by atoms with Crippen LogP contribution in [0.4, 0.5) is 5.69 Å². The third-order valence-corrected chi connectivity index (χ3v) is 5.61. The number of hydrogen-bond donors (Lipinski definition) is 2. The van der Waals surface area contributed by atoms with Crippen LogP contribution in [-0.4, -0.2) is 28.4 Å². The van der Waals surface area contributed by atoms with E-state index in [1.807, 2.05) is 0 Å². The topological polar surface area (TPSA) is 144 Å². The molecule has 27 heavy (non-hydrogen) atoms. The van der Waals surface area contributed by atoms with Crippen LogP contribution in [0.1, 0.15) is 26.7 Å². The Morgan fingerprint density at radius 1 is 1.22 bits per heavy atom. The van der Waals surface area contributed by atoms with E-state index in [1.54, 1.807) is 13.8 Å². The fraction of sp³-hybridized carbons (Fsp3) is 0.375. The third kappa shape index (κ3) is 5.34. The molecule has 0 aliphatic carbocycles. The molecular formula is C16H20N4O6S. The highest BCUT2D eigenvalue weighted by atomic mass is 32.2. The highest BCUT2D eigenvalue weighted by Gasteiger charge is 2.30. The number of nitrogens with one attached hydrogen (secondary N) is 2. The quantitative estimate of drug-likeness (QED) is 0.503. The summed E-state index contributed by atoms with van der Waals surface area (Å²) in [5.41, 5.74) is -2.44. The number of hydrogen-bond acceptors (Lipinski definition) is 6. The second kappa shape index (κ2) is 7.84. The number of rotatable bonds is 8. The molecule has 0 bridgehead atoms. The number of benzene rings is 1. The van der Waals surface area contributed by atoms with Gasteiger partial charge in [0.2, 0.25) is 10.0 Å². The van der Waals surface area contributed by atoms with Gasteiger partial charge in [-0.2, -0.15) is 0 Å². The molecule has 2 N–H and O–H groups in total. The lowest BCUT2D eigenvalue weighted by Crippen LogP contribution is -2.43. The number of aromatic amines is 1. The summed E-state index contributed by atoms with van der Waals surface area (Å²) in [6, 6.07) is 6.34. The Bertz CT molecular complexity index is 1050. The molecule has 0 fully saturated rings. The fourth-order valence-corrected chi connectivity index (χ4v) is 4.23. The van der Waals surface area contributed by atoms with Gasteiger partial charge < -0.3 is 4.57 Å². The number of nitrogens with zero attached hydrogens (tertiary/aromatic N) is 2. The summed E-state index contributed by atoms with van der Waals surface area (Å²) in [7, 11) is -4.11. The number of sulfonamides is 1. The fourth-order valence-electron chi connectivity index (χ4n) is 2.62. The van der Waals surface area contributed by atoms with E-state index in [0.717, 1.165) is 6.07 Å². The molecule has 146 valence electrons. The van der Waals surface area contributed by atoms with Crippen LogP contribution in [0, 0.1) is 10.1 Å². The molecule has 10 nitrogen and oxygen atoms in total. The molecule has 11 heteroatoms. The first-order chi connectivity index (χ1) is 12.5. The van der Waals surface area contributed by atoms with Crippen molar-refractivity contribution in [2.45, 2.75) is 43.7 Å². The van der Waals surface area contributed by atoms with Gasteiger partial charge in [0.15, 0.2) is 4.90 Å². The molecule has 0 unspecified atom stereocenters. The predicted molar refractivity (Wildman–Crippen MR) is 98.1 cm³/mol. The number of nitro groups is 1. The minimum absolute atomic E-state index is 0.284. The molecule has 0 aliphatic rings. The van der Waals surface area contributed by atoms with Gasteiger partial charge in [0.1, 0.15) is 0 Å². The summed E-state index contributed by atoms with van der Waals surface area (Å²) < 4.78 is 29.0. The second-order valence-corrected chi connectivity index (χ2v) is 8.27. The van der Waals surface area contributed by atoms with Crippen LogP contribution in [0.15, 0.2) is 51.0 Å². The van der Waals surface area contributed by atoms with Crippen LogP contribution in [0.3, 0.4) is 0 Å². The highest BCUT2D eigenvalue weighted by Crippen LogP contribution is 2.25. The molecule has 0 saturated carbocycles. The van der Waals surface area contributed by atoms with Gasteiger partial charge in [0.25, 0.3) is 11.2 Å². The van der Waals surface area contributed by atoms with Gasteiger partial charge in [-0.25, -0.2) is 17.9 Å². The zero-order valence-corrected chi connectivity index (χ0v) is 15.7. The monoisotopic (exact) mass is 396 g/mol. The standard InChI is InChI=1S/C16H20N4O6S/c1-16(2,9-5-10-19-11-8-14(21)17-15(19)22)18-27(25,26)13-7-4-3-6-12(13)20(23)24/h3-4,6-8,11,18H,5,9-10H2,1-2H3,(H,17,21,22). The normalized spacial score (nSPS) is 12.1. The zero-order chi connectivity index (χ0) is 20.2. The van der Waals surface area contributed by atoms with Crippen LogP contribution in [0.25, 0.3) is 0 Å². The average molecular weight is 396 g/mol. The summed E-state index contributed by atoms with van der Waals surface area (Å²) in [6.45, 7) is 3.58. The first-order valence-electron chi connectivity index (χ1n) is 8.09. The largest absolute Gasteiger partial charge is 0.328 e. The van der Waals surface area contributed by atoms with E-state index < -0.39 is 42.3 Å². The second-order valence-electron chi connectivity index (χ2n) is 6.62. The van der Waals surface area contributed by atoms with Crippen LogP contribution >= 0.6 is 0 Å². The van der Waals surface area contributed by atoms with Crippen molar-refractivity contribution in [3.63, 3.8) is 0 Å². The molecule has 1 aromatic carbocycles. The van der Waals surface area contributed by atoms with Gasteiger partial charge in [-0.05, 0) is 32.8 Å². The van der Waals surface area contributed by atoms with Crippen molar-refractivity contribution in [1.29, 1.82) is 0 Å². The Kier molecular flexibility index (Phi) is 5.96. The van der Waals surface area contributed by atoms with Gasteiger partial charge in [-0.3, -0.25) is 19.9 Å².